The second-order valence-electron chi connectivity index (χ2n) is 5.84. The molecule has 0 bridgehead atoms. The van der Waals surface area contributed by atoms with Crippen molar-refractivity contribution in [3.63, 3.8) is 0 Å². The van der Waals surface area contributed by atoms with Crippen molar-refractivity contribution in [3.05, 3.63) is 47.5 Å². The predicted molar refractivity (Wildman–Crippen MR) is 98.6 cm³/mol. The Balaban J connectivity index is 1.38. The van der Waals surface area contributed by atoms with E-state index in [1.165, 1.54) is 0 Å². The molecule has 1 aliphatic rings. The predicted octanol–water partition coefficient (Wildman–Crippen LogP) is 4.03. The molecule has 0 saturated heterocycles. The highest BCUT2D eigenvalue weighted by molar-refractivity contribution is 7.18. The molecule has 2 heterocycles. The minimum Gasteiger partial charge on any atom is -0.490 e. The summed E-state index contributed by atoms with van der Waals surface area (Å²) < 4.78 is 12.4. The Hall–Kier alpha value is -2.60. The van der Waals surface area contributed by atoms with Crippen LogP contribution in [0.5, 0.6) is 11.5 Å². The van der Waals surface area contributed by atoms with Crippen LogP contribution in [0.2, 0.25) is 0 Å². The fourth-order valence-electron chi connectivity index (χ4n) is 2.71. The van der Waals surface area contributed by atoms with Gasteiger partial charge in [0.2, 0.25) is 5.91 Å². The Morgan fingerprint density at radius 1 is 1.12 bits per heavy atom. The lowest BCUT2D eigenvalue weighted by Crippen LogP contribution is -2.12. The van der Waals surface area contributed by atoms with Crippen molar-refractivity contribution in [2.24, 2.45) is 0 Å². The van der Waals surface area contributed by atoms with Gasteiger partial charge in [-0.2, -0.15) is 0 Å². The van der Waals surface area contributed by atoms with E-state index in [2.05, 4.69) is 10.3 Å². The van der Waals surface area contributed by atoms with Crippen LogP contribution in [-0.4, -0.2) is 24.1 Å². The van der Waals surface area contributed by atoms with E-state index in [1.807, 2.05) is 42.5 Å². The maximum absolute atomic E-state index is 12.2. The van der Waals surface area contributed by atoms with Crippen LogP contribution in [0.3, 0.4) is 0 Å². The minimum absolute atomic E-state index is 0.0336. The van der Waals surface area contributed by atoms with E-state index in [-0.39, 0.29) is 5.91 Å². The summed E-state index contributed by atoms with van der Waals surface area (Å²) in [4.78, 5) is 16.8. The van der Waals surface area contributed by atoms with E-state index in [9.17, 15) is 4.79 Å². The number of fused-ring (bicyclic) bond motifs is 2. The van der Waals surface area contributed by atoms with Gasteiger partial charge in [-0.05, 0) is 24.3 Å². The summed E-state index contributed by atoms with van der Waals surface area (Å²) in [6, 6.07) is 13.5. The standard InChI is InChI=1S/C19H18N2O3S/c22-18(8-9-19-21-14-4-1-2-5-17(14)25-19)20-13-6-7-15-16(12-13)24-11-3-10-23-15/h1-2,4-7,12H,3,8-11H2,(H,20,22). The smallest absolute Gasteiger partial charge is 0.224 e. The molecule has 0 saturated carbocycles. The minimum atomic E-state index is -0.0336. The Kier molecular flexibility index (Phi) is 4.52. The summed E-state index contributed by atoms with van der Waals surface area (Å²) in [6.07, 6.45) is 1.89. The number of carbonyl (C=O) groups is 1. The van der Waals surface area contributed by atoms with Crippen LogP contribution in [0.4, 0.5) is 5.69 Å². The van der Waals surface area contributed by atoms with Gasteiger partial charge >= 0.3 is 0 Å². The normalized spacial score (nSPS) is 13.4. The van der Waals surface area contributed by atoms with E-state index < -0.39 is 0 Å². The average Bonchev–Trinajstić information content (AvgIpc) is 2.90. The lowest BCUT2D eigenvalue weighted by molar-refractivity contribution is -0.116. The van der Waals surface area contributed by atoms with Crippen molar-refractivity contribution < 1.29 is 14.3 Å². The molecule has 0 unspecified atom stereocenters. The van der Waals surface area contributed by atoms with Crippen molar-refractivity contribution in [3.8, 4) is 11.5 Å². The van der Waals surface area contributed by atoms with Crippen LogP contribution >= 0.6 is 11.3 Å². The number of rotatable bonds is 4. The molecule has 6 heteroatoms. The number of thiazole rings is 1. The van der Waals surface area contributed by atoms with Gasteiger partial charge in [-0.3, -0.25) is 4.79 Å². The molecule has 128 valence electrons. The molecule has 5 nitrogen and oxygen atoms in total. The monoisotopic (exact) mass is 354 g/mol. The number of para-hydroxylation sites is 1. The lowest BCUT2D eigenvalue weighted by Gasteiger charge is -2.10. The summed E-state index contributed by atoms with van der Waals surface area (Å²) in [5, 5.41) is 3.90. The highest BCUT2D eigenvalue weighted by Gasteiger charge is 2.12. The zero-order valence-electron chi connectivity index (χ0n) is 13.7. The SMILES string of the molecule is O=C(CCc1nc2ccccc2s1)Nc1ccc2c(c1)OCCCO2. The van der Waals surface area contributed by atoms with E-state index in [1.54, 1.807) is 11.3 Å². The maximum atomic E-state index is 12.2. The molecule has 0 atom stereocenters. The number of aryl methyl sites for hydroxylation is 1. The molecule has 0 aliphatic carbocycles. The van der Waals surface area contributed by atoms with Gasteiger partial charge in [-0.15, -0.1) is 11.3 Å². The van der Waals surface area contributed by atoms with E-state index >= 15 is 0 Å². The number of nitrogens with zero attached hydrogens (tertiary/aromatic N) is 1. The van der Waals surface area contributed by atoms with Crippen LogP contribution in [0.1, 0.15) is 17.8 Å². The van der Waals surface area contributed by atoms with Crippen molar-refractivity contribution in [1.82, 2.24) is 4.98 Å². The summed E-state index contributed by atoms with van der Waals surface area (Å²) in [5.41, 5.74) is 1.71. The van der Waals surface area contributed by atoms with Crippen LogP contribution in [-0.2, 0) is 11.2 Å². The van der Waals surface area contributed by atoms with E-state index in [4.69, 9.17) is 9.47 Å². The number of aromatic nitrogens is 1. The van der Waals surface area contributed by atoms with Gasteiger partial charge in [0.05, 0.1) is 28.4 Å². The van der Waals surface area contributed by atoms with Crippen molar-refractivity contribution in [1.29, 1.82) is 0 Å². The zero-order valence-corrected chi connectivity index (χ0v) is 14.5. The molecule has 2 aromatic carbocycles. The Bertz CT molecular complexity index is 874. The topological polar surface area (TPSA) is 60.5 Å². The molecule has 0 fully saturated rings. The van der Waals surface area contributed by atoms with Gasteiger partial charge < -0.3 is 14.8 Å². The Morgan fingerprint density at radius 2 is 1.96 bits per heavy atom. The van der Waals surface area contributed by atoms with Crippen LogP contribution in [0.25, 0.3) is 10.2 Å². The summed E-state index contributed by atoms with van der Waals surface area (Å²) in [5.74, 6) is 1.38. The van der Waals surface area contributed by atoms with Crippen LogP contribution in [0.15, 0.2) is 42.5 Å². The summed E-state index contributed by atoms with van der Waals surface area (Å²) in [6.45, 7) is 1.28. The third kappa shape index (κ3) is 3.74. The molecular formula is C19H18N2O3S. The van der Waals surface area contributed by atoms with Crippen LogP contribution in [0, 0.1) is 0 Å². The largest absolute Gasteiger partial charge is 0.490 e. The number of hydrogen-bond donors (Lipinski definition) is 1. The second-order valence-corrected chi connectivity index (χ2v) is 6.95. The summed E-state index contributed by atoms with van der Waals surface area (Å²) >= 11 is 1.64. The number of benzene rings is 2. The van der Waals surface area contributed by atoms with Gasteiger partial charge in [-0.25, -0.2) is 4.98 Å². The Labute approximate surface area is 149 Å². The van der Waals surface area contributed by atoms with Gasteiger partial charge in [0.25, 0.3) is 0 Å². The fourth-order valence-corrected chi connectivity index (χ4v) is 3.68. The number of nitrogens with one attached hydrogen (secondary N) is 1. The summed E-state index contributed by atoms with van der Waals surface area (Å²) in [7, 11) is 0. The molecule has 1 N–H and O–H groups in total. The van der Waals surface area contributed by atoms with Gasteiger partial charge in [0.15, 0.2) is 11.5 Å². The first-order chi connectivity index (χ1) is 12.3. The molecular weight excluding hydrogens is 336 g/mol. The molecule has 1 aliphatic heterocycles. The van der Waals surface area contributed by atoms with E-state index in [0.717, 1.165) is 33.1 Å². The van der Waals surface area contributed by atoms with E-state index in [0.29, 0.717) is 31.8 Å². The number of amides is 1. The average molecular weight is 354 g/mol. The first-order valence-electron chi connectivity index (χ1n) is 8.32. The first-order valence-corrected chi connectivity index (χ1v) is 9.13. The Morgan fingerprint density at radius 3 is 2.84 bits per heavy atom. The number of hydrogen-bond acceptors (Lipinski definition) is 5. The third-order valence-electron chi connectivity index (χ3n) is 3.94. The molecule has 0 spiro atoms. The fraction of sp³-hybridized carbons (Fsp3) is 0.263. The van der Waals surface area contributed by atoms with Crippen molar-refractivity contribution in [2.75, 3.05) is 18.5 Å². The highest BCUT2D eigenvalue weighted by atomic mass is 32.1. The number of anilines is 1. The van der Waals surface area contributed by atoms with Gasteiger partial charge in [-0.1, -0.05) is 12.1 Å². The lowest BCUT2D eigenvalue weighted by atomic mass is 10.2. The van der Waals surface area contributed by atoms with Crippen molar-refractivity contribution >= 4 is 33.1 Å². The van der Waals surface area contributed by atoms with Gasteiger partial charge in [0.1, 0.15) is 0 Å². The zero-order chi connectivity index (χ0) is 17.1. The quantitative estimate of drug-likeness (QED) is 0.768. The first kappa shape index (κ1) is 15.9. The number of carbonyl (C=O) groups excluding carboxylic acids is 1. The maximum Gasteiger partial charge on any atom is 0.224 e. The molecule has 3 aromatic rings. The third-order valence-corrected chi connectivity index (χ3v) is 5.03. The van der Waals surface area contributed by atoms with Crippen molar-refractivity contribution in [2.45, 2.75) is 19.3 Å². The molecule has 0 radical (unpaired) electrons. The van der Waals surface area contributed by atoms with Crippen LogP contribution < -0.4 is 14.8 Å². The molecule has 4 rings (SSSR count). The highest BCUT2D eigenvalue weighted by Crippen LogP contribution is 2.32. The molecule has 1 amide bonds. The van der Waals surface area contributed by atoms with Gasteiger partial charge in [0, 0.05) is 31.0 Å². The number of ether oxygens (including phenoxy) is 2. The second kappa shape index (κ2) is 7.11. The molecule has 25 heavy (non-hydrogen) atoms. The molecule has 1 aromatic heterocycles.